The lowest BCUT2D eigenvalue weighted by Crippen LogP contribution is -2.51. The SMILES string of the molecule is CCn1nc(C)c(N)c1C(=O)N1CCN(C)C(=O)C1. The van der Waals surface area contributed by atoms with Gasteiger partial charge in [0.05, 0.1) is 11.4 Å². The molecule has 0 aromatic carbocycles. The highest BCUT2D eigenvalue weighted by molar-refractivity contribution is 6.00. The molecule has 104 valence electrons. The number of piperazine rings is 1. The maximum absolute atomic E-state index is 12.5. The fourth-order valence-corrected chi connectivity index (χ4v) is 2.13. The van der Waals surface area contributed by atoms with E-state index in [-0.39, 0.29) is 18.4 Å². The van der Waals surface area contributed by atoms with Gasteiger partial charge >= 0.3 is 0 Å². The van der Waals surface area contributed by atoms with Crippen molar-refractivity contribution in [2.24, 2.45) is 0 Å². The maximum atomic E-state index is 12.5. The molecular weight excluding hydrogens is 246 g/mol. The second kappa shape index (κ2) is 4.91. The predicted octanol–water partition coefficient (Wildman–Crippen LogP) is -0.292. The molecule has 2 rings (SSSR count). The number of rotatable bonds is 2. The van der Waals surface area contributed by atoms with E-state index in [1.807, 2.05) is 6.92 Å². The summed E-state index contributed by atoms with van der Waals surface area (Å²) < 4.78 is 1.59. The number of aromatic nitrogens is 2. The molecule has 0 spiro atoms. The average molecular weight is 265 g/mol. The van der Waals surface area contributed by atoms with Crippen LogP contribution in [0.3, 0.4) is 0 Å². The number of hydrogen-bond acceptors (Lipinski definition) is 4. The van der Waals surface area contributed by atoms with E-state index in [9.17, 15) is 9.59 Å². The van der Waals surface area contributed by atoms with Crippen LogP contribution in [0.25, 0.3) is 0 Å². The van der Waals surface area contributed by atoms with Crippen molar-refractivity contribution >= 4 is 17.5 Å². The number of amides is 2. The number of nitrogens with two attached hydrogens (primary N) is 1. The van der Waals surface area contributed by atoms with Crippen molar-refractivity contribution in [2.45, 2.75) is 20.4 Å². The lowest BCUT2D eigenvalue weighted by molar-refractivity contribution is -0.133. The highest BCUT2D eigenvalue weighted by Gasteiger charge is 2.29. The highest BCUT2D eigenvalue weighted by atomic mass is 16.2. The molecule has 2 amide bonds. The molecule has 1 aliphatic rings. The third kappa shape index (κ3) is 2.27. The van der Waals surface area contributed by atoms with Gasteiger partial charge in [-0.3, -0.25) is 14.3 Å². The van der Waals surface area contributed by atoms with Gasteiger partial charge in [0.15, 0.2) is 0 Å². The number of hydrogen-bond donors (Lipinski definition) is 1. The summed E-state index contributed by atoms with van der Waals surface area (Å²) in [5.74, 6) is -0.279. The third-order valence-corrected chi connectivity index (χ3v) is 3.42. The van der Waals surface area contributed by atoms with Crippen LogP contribution in [-0.2, 0) is 11.3 Å². The van der Waals surface area contributed by atoms with Gasteiger partial charge in [0.2, 0.25) is 5.91 Å². The van der Waals surface area contributed by atoms with Crippen LogP contribution in [-0.4, -0.2) is 58.1 Å². The first-order valence-electron chi connectivity index (χ1n) is 6.31. The van der Waals surface area contributed by atoms with Gasteiger partial charge in [-0.1, -0.05) is 0 Å². The Kier molecular flexibility index (Phi) is 3.46. The molecule has 1 aliphatic heterocycles. The van der Waals surface area contributed by atoms with Crippen LogP contribution in [0, 0.1) is 6.92 Å². The van der Waals surface area contributed by atoms with E-state index in [1.165, 1.54) is 4.90 Å². The molecule has 0 radical (unpaired) electrons. The Labute approximate surface area is 111 Å². The van der Waals surface area contributed by atoms with E-state index in [0.717, 1.165) is 0 Å². The lowest BCUT2D eigenvalue weighted by Gasteiger charge is -2.32. The quantitative estimate of drug-likeness (QED) is 0.796. The van der Waals surface area contributed by atoms with Gasteiger partial charge in [-0.25, -0.2) is 0 Å². The van der Waals surface area contributed by atoms with Gasteiger partial charge in [-0.2, -0.15) is 5.10 Å². The summed E-state index contributed by atoms with van der Waals surface area (Å²) in [6.07, 6.45) is 0. The van der Waals surface area contributed by atoms with Crippen LogP contribution >= 0.6 is 0 Å². The molecule has 0 atom stereocenters. The fraction of sp³-hybridized carbons (Fsp3) is 0.583. The summed E-state index contributed by atoms with van der Waals surface area (Å²) in [6, 6.07) is 0. The zero-order valence-electron chi connectivity index (χ0n) is 11.5. The van der Waals surface area contributed by atoms with E-state index in [0.29, 0.717) is 36.7 Å². The minimum Gasteiger partial charge on any atom is -0.395 e. The van der Waals surface area contributed by atoms with Gasteiger partial charge < -0.3 is 15.5 Å². The van der Waals surface area contributed by atoms with Crippen molar-refractivity contribution in [3.8, 4) is 0 Å². The Balaban J connectivity index is 2.27. The van der Waals surface area contributed by atoms with Crippen molar-refractivity contribution < 1.29 is 9.59 Å². The molecule has 1 aromatic rings. The summed E-state index contributed by atoms with van der Waals surface area (Å²) in [4.78, 5) is 27.3. The summed E-state index contributed by atoms with van der Waals surface area (Å²) in [7, 11) is 1.74. The van der Waals surface area contributed by atoms with Crippen LogP contribution < -0.4 is 5.73 Å². The van der Waals surface area contributed by atoms with Crippen LogP contribution in [0.1, 0.15) is 23.1 Å². The largest absolute Gasteiger partial charge is 0.395 e. The van der Waals surface area contributed by atoms with Crippen molar-refractivity contribution in [1.29, 1.82) is 0 Å². The van der Waals surface area contributed by atoms with Gasteiger partial charge in [0, 0.05) is 26.7 Å². The number of likely N-dealkylation sites (N-methyl/N-ethyl adjacent to an activating group) is 1. The summed E-state index contributed by atoms with van der Waals surface area (Å²) in [5.41, 5.74) is 7.35. The molecule has 7 nitrogen and oxygen atoms in total. The van der Waals surface area contributed by atoms with Crippen molar-refractivity contribution in [3.05, 3.63) is 11.4 Å². The Morgan fingerprint density at radius 3 is 2.68 bits per heavy atom. The third-order valence-electron chi connectivity index (χ3n) is 3.42. The Bertz CT molecular complexity index is 522. The first kappa shape index (κ1) is 13.4. The van der Waals surface area contributed by atoms with Crippen molar-refractivity contribution in [2.75, 3.05) is 32.4 Å². The minimum atomic E-state index is -0.221. The summed E-state index contributed by atoms with van der Waals surface area (Å²) >= 11 is 0. The maximum Gasteiger partial charge on any atom is 0.274 e. The summed E-state index contributed by atoms with van der Waals surface area (Å²) in [6.45, 7) is 5.41. The zero-order valence-corrected chi connectivity index (χ0v) is 11.5. The number of carbonyl (C=O) groups is 2. The van der Waals surface area contributed by atoms with E-state index in [1.54, 1.807) is 23.6 Å². The lowest BCUT2D eigenvalue weighted by atomic mass is 10.2. The van der Waals surface area contributed by atoms with Gasteiger partial charge in [-0.05, 0) is 13.8 Å². The van der Waals surface area contributed by atoms with Gasteiger partial charge in [0.1, 0.15) is 12.2 Å². The smallest absolute Gasteiger partial charge is 0.274 e. The van der Waals surface area contributed by atoms with E-state index in [4.69, 9.17) is 5.73 Å². The van der Waals surface area contributed by atoms with E-state index in [2.05, 4.69) is 5.10 Å². The molecule has 0 aliphatic carbocycles. The minimum absolute atomic E-state index is 0.0579. The zero-order chi connectivity index (χ0) is 14.2. The molecule has 0 saturated carbocycles. The van der Waals surface area contributed by atoms with Crippen LogP contribution in [0.15, 0.2) is 0 Å². The van der Waals surface area contributed by atoms with Crippen LogP contribution in [0.5, 0.6) is 0 Å². The van der Waals surface area contributed by atoms with Crippen LogP contribution in [0.4, 0.5) is 5.69 Å². The second-order valence-electron chi connectivity index (χ2n) is 4.71. The molecule has 7 heteroatoms. The van der Waals surface area contributed by atoms with Gasteiger partial charge in [-0.15, -0.1) is 0 Å². The fourth-order valence-electron chi connectivity index (χ4n) is 2.13. The second-order valence-corrected chi connectivity index (χ2v) is 4.71. The molecule has 1 saturated heterocycles. The number of aryl methyl sites for hydroxylation is 2. The first-order chi connectivity index (χ1) is 8.95. The first-order valence-corrected chi connectivity index (χ1v) is 6.31. The number of nitrogens with zero attached hydrogens (tertiary/aromatic N) is 4. The average Bonchev–Trinajstić information content (AvgIpc) is 2.68. The number of nitrogen functional groups attached to an aromatic ring is 1. The predicted molar refractivity (Wildman–Crippen MR) is 70.6 cm³/mol. The van der Waals surface area contributed by atoms with Gasteiger partial charge in [0.25, 0.3) is 5.91 Å². The molecule has 0 unspecified atom stereocenters. The molecule has 1 aromatic heterocycles. The highest BCUT2D eigenvalue weighted by Crippen LogP contribution is 2.19. The number of anilines is 1. The molecular formula is C12H19N5O2. The van der Waals surface area contributed by atoms with Crippen molar-refractivity contribution in [3.63, 3.8) is 0 Å². The Morgan fingerprint density at radius 1 is 1.42 bits per heavy atom. The standard InChI is InChI=1S/C12H19N5O2/c1-4-17-11(10(13)8(2)14-17)12(19)16-6-5-15(3)9(18)7-16/h4-7,13H2,1-3H3. The van der Waals surface area contributed by atoms with E-state index < -0.39 is 0 Å². The van der Waals surface area contributed by atoms with E-state index >= 15 is 0 Å². The molecule has 19 heavy (non-hydrogen) atoms. The monoisotopic (exact) mass is 265 g/mol. The Hall–Kier alpha value is -2.05. The van der Waals surface area contributed by atoms with Crippen molar-refractivity contribution in [1.82, 2.24) is 19.6 Å². The summed E-state index contributed by atoms with van der Waals surface area (Å²) in [5, 5.41) is 4.23. The number of carbonyl (C=O) groups excluding carboxylic acids is 2. The normalized spacial score (nSPS) is 16.1. The molecule has 0 bridgehead atoms. The molecule has 2 N–H and O–H groups in total. The Morgan fingerprint density at radius 2 is 2.11 bits per heavy atom. The molecule has 2 heterocycles. The van der Waals surface area contributed by atoms with Crippen LogP contribution in [0.2, 0.25) is 0 Å². The molecule has 1 fully saturated rings. The topological polar surface area (TPSA) is 84.5 Å².